The quantitative estimate of drug-likeness (QED) is 0.645. The number of hydrogen-bond acceptors (Lipinski definition) is 1. The Morgan fingerprint density at radius 3 is 2.57 bits per heavy atom. The van der Waals surface area contributed by atoms with Gasteiger partial charge in [0.2, 0.25) is 0 Å². The Balaban J connectivity index is 2.89. The highest BCUT2D eigenvalue weighted by molar-refractivity contribution is 14.1. The summed E-state index contributed by atoms with van der Waals surface area (Å²) in [6, 6.07) is 10.4. The summed E-state index contributed by atoms with van der Waals surface area (Å²) in [5.74, 6) is 0.949. The van der Waals surface area contributed by atoms with Crippen molar-refractivity contribution >= 4 is 56.0 Å². The molecule has 2 rings (SSSR count). The molecule has 3 heteroatoms. The summed E-state index contributed by atoms with van der Waals surface area (Å²) in [6.07, 6.45) is 0. The fourth-order valence-electron chi connectivity index (χ4n) is 1.45. The highest BCUT2D eigenvalue weighted by Gasteiger charge is 2.07. The predicted octanol–water partition coefficient (Wildman–Crippen LogP) is 4.06. The van der Waals surface area contributed by atoms with Gasteiger partial charge in [-0.15, -0.1) is 0 Å². The smallest absolute Gasteiger partial charge is 0.127 e. The zero-order chi connectivity index (χ0) is 10.1. The molecule has 0 saturated heterocycles. The van der Waals surface area contributed by atoms with Crippen LogP contribution in [0.15, 0.2) is 30.3 Å². The minimum absolute atomic E-state index is 0.949. The largest absolute Gasteiger partial charge is 0.496 e. The van der Waals surface area contributed by atoms with Crippen LogP contribution in [0.4, 0.5) is 0 Å². The van der Waals surface area contributed by atoms with Gasteiger partial charge in [0.15, 0.2) is 0 Å². The van der Waals surface area contributed by atoms with Crippen molar-refractivity contribution in [3.63, 3.8) is 0 Å². The standard InChI is InChI=1S/C11H8I2O/c1-14-9-4-2-3-7-5-6-8(12)11(13)10(7)9/h2-6H,1H3. The van der Waals surface area contributed by atoms with E-state index in [2.05, 4.69) is 63.4 Å². The van der Waals surface area contributed by atoms with Crippen LogP contribution in [0.2, 0.25) is 0 Å². The van der Waals surface area contributed by atoms with Gasteiger partial charge in [0, 0.05) is 12.5 Å². The summed E-state index contributed by atoms with van der Waals surface area (Å²) in [4.78, 5) is 0. The van der Waals surface area contributed by atoms with Crippen LogP contribution < -0.4 is 4.74 Å². The molecular formula is C11H8I2O. The Morgan fingerprint density at radius 1 is 1.07 bits per heavy atom. The summed E-state index contributed by atoms with van der Waals surface area (Å²) in [6.45, 7) is 0. The molecule has 0 aliphatic rings. The number of benzene rings is 2. The molecule has 0 spiro atoms. The molecule has 0 atom stereocenters. The van der Waals surface area contributed by atoms with Gasteiger partial charge in [0.25, 0.3) is 0 Å². The van der Waals surface area contributed by atoms with E-state index in [0.29, 0.717) is 0 Å². The van der Waals surface area contributed by atoms with E-state index < -0.39 is 0 Å². The first kappa shape index (κ1) is 10.5. The average Bonchev–Trinajstić information content (AvgIpc) is 2.23. The van der Waals surface area contributed by atoms with Crippen LogP contribution in [0.25, 0.3) is 10.8 Å². The molecule has 1 nitrogen and oxygen atoms in total. The SMILES string of the molecule is COc1cccc2ccc(I)c(I)c12. The van der Waals surface area contributed by atoms with E-state index in [-0.39, 0.29) is 0 Å². The van der Waals surface area contributed by atoms with Crippen LogP contribution in [-0.2, 0) is 0 Å². The number of fused-ring (bicyclic) bond motifs is 1. The van der Waals surface area contributed by atoms with E-state index in [0.717, 1.165) is 5.75 Å². The number of ether oxygens (including phenoxy) is 1. The Bertz CT molecular complexity index is 480. The number of halogens is 2. The van der Waals surface area contributed by atoms with Crippen molar-refractivity contribution in [3.05, 3.63) is 37.5 Å². The van der Waals surface area contributed by atoms with Crippen LogP contribution in [0, 0.1) is 7.14 Å². The molecule has 0 bridgehead atoms. The maximum atomic E-state index is 5.36. The predicted molar refractivity (Wildman–Crippen MR) is 75.9 cm³/mol. The lowest BCUT2D eigenvalue weighted by Crippen LogP contribution is -1.89. The lowest BCUT2D eigenvalue weighted by molar-refractivity contribution is 0.419. The fraction of sp³-hybridized carbons (Fsp3) is 0.0909. The van der Waals surface area contributed by atoms with Crippen molar-refractivity contribution in [2.45, 2.75) is 0 Å². The summed E-state index contributed by atoms with van der Waals surface area (Å²) in [7, 11) is 1.71. The first-order chi connectivity index (χ1) is 6.74. The molecule has 0 fully saturated rings. The minimum atomic E-state index is 0.949. The topological polar surface area (TPSA) is 9.23 Å². The van der Waals surface area contributed by atoms with Crippen molar-refractivity contribution in [1.29, 1.82) is 0 Å². The van der Waals surface area contributed by atoms with Crippen molar-refractivity contribution in [1.82, 2.24) is 0 Å². The lowest BCUT2D eigenvalue weighted by atomic mass is 10.1. The van der Waals surface area contributed by atoms with Crippen LogP contribution >= 0.6 is 45.2 Å². The summed E-state index contributed by atoms with van der Waals surface area (Å²) >= 11 is 4.71. The van der Waals surface area contributed by atoms with Gasteiger partial charge in [0.1, 0.15) is 5.75 Å². The average molecular weight is 410 g/mol. The third-order valence-corrected chi connectivity index (χ3v) is 5.17. The molecule has 0 amide bonds. The monoisotopic (exact) mass is 410 g/mol. The van der Waals surface area contributed by atoms with Crippen molar-refractivity contribution in [2.24, 2.45) is 0 Å². The molecule has 0 N–H and O–H groups in total. The molecule has 0 saturated carbocycles. The van der Waals surface area contributed by atoms with E-state index in [4.69, 9.17) is 4.74 Å². The molecule has 0 heterocycles. The number of hydrogen-bond donors (Lipinski definition) is 0. The van der Waals surface area contributed by atoms with E-state index in [9.17, 15) is 0 Å². The van der Waals surface area contributed by atoms with Gasteiger partial charge in [-0.2, -0.15) is 0 Å². The minimum Gasteiger partial charge on any atom is -0.496 e. The number of methoxy groups -OCH3 is 1. The molecular weight excluding hydrogens is 402 g/mol. The molecule has 2 aromatic carbocycles. The van der Waals surface area contributed by atoms with E-state index in [1.54, 1.807) is 7.11 Å². The fourth-order valence-corrected chi connectivity index (χ4v) is 2.65. The molecule has 0 aromatic heterocycles. The maximum absolute atomic E-state index is 5.36. The second-order valence-electron chi connectivity index (χ2n) is 2.92. The Kier molecular flexibility index (Phi) is 3.16. The Labute approximate surface area is 110 Å². The molecule has 72 valence electrons. The van der Waals surface area contributed by atoms with E-state index in [1.165, 1.54) is 17.9 Å². The van der Waals surface area contributed by atoms with Crippen LogP contribution in [0.1, 0.15) is 0 Å². The van der Waals surface area contributed by atoms with Crippen LogP contribution in [0.5, 0.6) is 5.75 Å². The summed E-state index contributed by atoms with van der Waals surface area (Å²) < 4.78 is 7.88. The molecule has 0 unspecified atom stereocenters. The van der Waals surface area contributed by atoms with Crippen molar-refractivity contribution in [3.8, 4) is 5.75 Å². The van der Waals surface area contributed by atoms with Gasteiger partial charge in [-0.05, 0) is 62.7 Å². The van der Waals surface area contributed by atoms with E-state index in [1.807, 2.05) is 12.1 Å². The van der Waals surface area contributed by atoms with Gasteiger partial charge in [0.05, 0.1) is 7.11 Å². The zero-order valence-electron chi connectivity index (χ0n) is 7.55. The van der Waals surface area contributed by atoms with Crippen LogP contribution in [0.3, 0.4) is 0 Å². The Morgan fingerprint density at radius 2 is 1.86 bits per heavy atom. The zero-order valence-corrected chi connectivity index (χ0v) is 11.9. The molecule has 14 heavy (non-hydrogen) atoms. The first-order valence-corrected chi connectivity index (χ1v) is 6.30. The normalized spacial score (nSPS) is 10.5. The van der Waals surface area contributed by atoms with Gasteiger partial charge >= 0.3 is 0 Å². The summed E-state index contributed by atoms with van der Waals surface area (Å²) in [5, 5.41) is 2.44. The maximum Gasteiger partial charge on any atom is 0.127 e. The third kappa shape index (κ3) is 1.71. The number of rotatable bonds is 1. The van der Waals surface area contributed by atoms with Gasteiger partial charge in [-0.1, -0.05) is 18.2 Å². The molecule has 0 aliphatic heterocycles. The van der Waals surface area contributed by atoms with Gasteiger partial charge in [-0.25, -0.2) is 0 Å². The highest BCUT2D eigenvalue weighted by atomic mass is 127. The van der Waals surface area contributed by atoms with Crippen molar-refractivity contribution in [2.75, 3.05) is 7.11 Å². The molecule has 2 aromatic rings. The highest BCUT2D eigenvalue weighted by Crippen LogP contribution is 2.32. The lowest BCUT2D eigenvalue weighted by Gasteiger charge is -2.08. The third-order valence-electron chi connectivity index (χ3n) is 2.12. The van der Waals surface area contributed by atoms with Gasteiger partial charge < -0.3 is 4.74 Å². The summed E-state index contributed by atoms with van der Waals surface area (Å²) in [5.41, 5.74) is 0. The van der Waals surface area contributed by atoms with E-state index >= 15 is 0 Å². The van der Waals surface area contributed by atoms with Crippen LogP contribution in [-0.4, -0.2) is 7.11 Å². The van der Waals surface area contributed by atoms with Gasteiger partial charge in [-0.3, -0.25) is 0 Å². The first-order valence-electron chi connectivity index (χ1n) is 4.15. The second kappa shape index (κ2) is 4.22. The molecule has 0 aliphatic carbocycles. The van der Waals surface area contributed by atoms with Crippen molar-refractivity contribution < 1.29 is 4.74 Å². The second-order valence-corrected chi connectivity index (χ2v) is 5.16. The Hall–Kier alpha value is -0.0400. The molecule has 0 radical (unpaired) electrons.